The number of nitrogens with one attached hydrogen (secondary N) is 2. The van der Waals surface area contributed by atoms with Crippen molar-refractivity contribution in [3.05, 3.63) is 35.4 Å². The van der Waals surface area contributed by atoms with Gasteiger partial charge in [0.25, 0.3) is 5.91 Å². The standard InChI is InChI=1S/C14H16N2O4/c1-8(2)7-14(12(19)15-13(20)16-14)10-5-3-9(4-6-10)11(17)18/h3-6,8H,7H2,1-2H3,(H,17,18)(H2,15,16,19,20). The Hall–Kier alpha value is -2.37. The quantitative estimate of drug-likeness (QED) is 0.725. The molecule has 1 atom stereocenters. The maximum atomic E-state index is 12.2. The number of hydrogen-bond acceptors (Lipinski definition) is 3. The van der Waals surface area contributed by atoms with E-state index >= 15 is 0 Å². The number of amides is 3. The van der Waals surface area contributed by atoms with Crippen LogP contribution < -0.4 is 10.6 Å². The summed E-state index contributed by atoms with van der Waals surface area (Å²) in [6.45, 7) is 3.90. The van der Waals surface area contributed by atoms with E-state index in [0.29, 0.717) is 12.0 Å². The van der Waals surface area contributed by atoms with Crippen molar-refractivity contribution in [2.24, 2.45) is 5.92 Å². The molecule has 6 nitrogen and oxygen atoms in total. The summed E-state index contributed by atoms with van der Waals surface area (Å²) in [5.41, 5.74) is -0.403. The Balaban J connectivity index is 2.44. The van der Waals surface area contributed by atoms with Crippen molar-refractivity contribution in [2.75, 3.05) is 0 Å². The van der Waals surface area contributed by atoms with Crippen molar-refractivity contribution in [2.45, 2.75) is 25.8 Å². The molecule has 0 spiro atoms. The zero-order valence-corrected chi connectivity index (χ0v) is 11.3. The normalized spacial score (nSPS) is 21.8. The van der Waals surface area contributed by atoms with Crippen molar-refractivity contribution >= 4 is 17.9 Å². The van der Waals surface area contributed by atoms with Crippen LogP contribution in [0.4, 0.5) is 4.79 Å². The van der Waals surface area contributed by atoms with Crippen LogP contribution in [0.1, 0.15) is 36.2 Å². The molecular weight excluding hydrogens is 260 g/mol. The summed E-state index contributed by atoms with van der Waals surface area (Å²) in [6.07, 6.45) is 0.441. The lowest BCUT2D eigenvalue weighted by atomic mass is 9.82. The van der Waals surface area contributed by atoms with Crippen LogP contribution in [0, 0.1) is 5.92 Å². The smallest absolute Gasteiger partial charge is 0.335 e. The molecule has 0 saturated carbocycles. The topological polar surface area (TPSA) is 95.5 Å². The molecule has 1 aromatic rings. The SMILES string of the molecule is CC(C)CC1(c2ccc(C(=O)O)cc2)NC(=O)NC1=O. The molecule has 106 valence electrons. The maximum Gasteiger partial charge on any atom is 0.335 e. The zero-order chi connectivity index (χ0) is 14.9. The molecule has 1 aromatic carbocycles. The second-order valence-corrected chi connectivity index (χ2v) is 5.29. The van der Waals surface area contributed by atoms with E-state index in [-0.39, 0.29) is 11.5 Å². The van der Waals surface area contributed by atoms with E-state index in [4.69, 9.17) is 5.11 Å². The maximum absolute atomic E-state index is 12.2. The monoisotopic (exact) mass is 276 g/mol. The second kappa shape index (κ2) is 4.96. The summed E-state index contributed by atoms with van der Waals surface area (Å²) < 4.78 is 0. The highest BCUT2D eigenvalue weighted by Crippen LogP contribution is 2.32. The minimum atomic E-state index is -1.12. The largest absolute Gasteiger partial charge is 0.478 e. The van der Waals surface area contributed by atoms with Gasteiger partial charge in [-0.05, 0) is 30.0 Å². The van der Waals surface area contributed by atoms with Crippen LogP contribution >= 0.6 is 0 Å². The lowest BCUT2D eigenvalue weighted by Crippen LogP contribution is -2.44. The van der Waals surface area contributed by atoms with Gasteiger partial charge in [0.05, 0.1) is 5.56 Å². The Morgan fingerprint density at radius 2 is 1.85 bits per heavy atom. The molecule has 1 heterocycles. The van der Waals surface area contributed by atoms with Gasteiger partial charge in [0.2, 0.25) is 0 Å². The van der Waals surface area contributed by atoms with E-state index in [9.17, 15) is 14.4 Å². The number of urea groups is 1. The van der Waals surface area contributed by atoms with E-state index in [1.54, 1.807) is 12.1 Å². The van der Waals surface area contributed by atoms with Crippen LogP contribution in [0.25, 0.3) is 0 Å². The summed E-state index contributed by atoms with van der Waals surface area (Å²) in [7, 11) is 0. The Bertz CT molecular complexity index is 565. The Morgan fingerprint density at radius 1 is 1.25 bits per heavy atom. The number of rotatable bonds is 4. The van der Waals surface area contributed by atoms with Crippen LogP contribution in [-0.2, 0) is 10.3 Å². The molecule has 20 heavy (non-hydrogen) atoms. The predicted octanol–water partition coefficient (Wildman–Crippen LogP) is 1.47. The molecule has 1 fully saturated rings. The molecule has 6 heteroatoms. The third kappa shape index (κ3) is 2.36. The summed E-state index contributed by atoms with van der Waals surface area (Å²) in [6, 6.07) is 5.46. The van der Waals surface area contributed by atoms with Gasteiger partial charge in [0.1, 0.15) is 5.54 Å². The Kier molecular flexibility index (Phi) is 3.48. The molecule has 0 radical (unpaired) electrons. The summed E-state index contributed by atoms with van der Waals surface area (Å²) in [4.78, 5) is 34.5. The number of carbonyl (C=O) groups is 3. The third-order valence-electron chi connectivity index (χ3n) is 3.28. The van der Waals surface area contributed by atoms with Gasteiger partial charge >= 0.3 is 12.0 Å². The van der Waals surface area contributed by atoms with E-state index in [1.807, 2.05) is 13.8 Å². The first kappa shape index (κ1) is 14.0. The van der Waals surface area contributed by atoms with E-state index in [0.717, 1.165) is 0 Å². The molecule has 3 amide bonds. The number of benzene rings is 1. The fourth-order valence-electron chi connectivity index (χ4n) is 2.47. The fourth-order valence-corrected chi connectivity index (χ4v) is 2.47. The number of imide groups is 1. The van der Waals surface area contributed by atoms with Crippen LogP contribution in [0.3, 0.4) is 0 Å². The first-order valence-corrected chi connectivity index (χ1v) is 6.32. The van der Waals surface area contributed by atoms with Crippen LogP contribution in [0.5, 0.6) is 0 Å². The molecule has 3 N–H and O–H groups in total. The second-order valence-electron chi connectivity index (χ2n) is 5.29. The van der Waals surface area contributed by atoms with Crippen molar-refractivity contribution < 1.29 is 19.5 Å². The number of hydrogen-bond donors (Lipinski definition) is 3. The van der Waals surface area contributed by atoms with Gasteiger partial charge in [-0.15, -0.1) is 0 Å². The van der Waals surface area contributed by atoms with E-state index in [1.165, 1.54) is 12.1 Å². The first-order valence-electron chi connectivity index (χ1n) is 6.32. The van der Waals surface area contributed by atoms with Crippen LogP contribution in [0.15, 0.2) is 24.3 Å². The van der Waals surface area contributed by atoms with Gasteiger partial charge in [-0.1, -0.05) is 26.0 Å². The zero-order valence-electron chi connectivity index (χ0n) is 11.3. The number of carboxylic acids is 1. The van der Waals surface area contributed by atoms with Crippen molar-refractivity contribution in [3.63, 3.8) is 0 Å². The fraction of sp³-hybridized carbons (Fsp3) is 0.357. The highest BCUT2D eigenvalue weighted by Gasteiger charge is 2.47. The number of aromatic carboxylic acids is 1. The molecule has 1 unspecified atom stereocenters. The molecule has 0 aromatic heterocycles. The molecule has 1 aliphatic rings. The Morgan fingerprint density at radius 3 is 2.25 bits per heavy atom. The minimum Gasteiger partial charge on any atom is -0.478 e. The molecule has 1 aliphatic heterocycles. The van der Waals surface area contributed by atoms with Crippen LogP contribution in [0.2, 0.25) is 0 Å². The predicted molar refractivity (Wildman–Crippen MR) is 71.2 cm³/mol. The summed E-state index contributed by atoms with van der Waals surface area (Å²) in [5, 5.41) is 13.8. The van der Waals surface area contributed by atoms with Gasteiger partial charge in [-0.25, -0.2) is 9.59 Å². The molecule has 0 aliphatic carbocycles. The lowest BCUT2D eigenvalue weighted by molar-refractivity contribution is -0.124. The van der Waals surface area contributed by atoms with E-state index < -0.39 is 23.4 Å². The van der Waals surface area contributed by atoms with Crippen molar-refractivity contribution in [1.29, 1.82) is 0 Å². The van der Waals surface area contributed by atoms with Crippen molar-refractivity contribution in [3.8, 4) is 0 Å². The average molecular weight is 276 g/mol. The molecule has 0 bridgehead atoms. The Labute approximate surface area is 116 Å². The molecule has 1 saturated heterocycles. The number of carbonyl (C=O) groups excluding carboxylic acids is 2. The highest BCUT2D eigenvalue weighted by molar-refractivity contribution is 6.07. The van der Waals surface area contributed by atoms with Crippen molar-refractivity contribution in [1.82, 2.24) is 10.6 Å². The molecule has 2 rings (SSSR count). The number of carboxylic acid groups (broad SMARTS) is 1. The van der Waals surface area contributed by atoms with Gasteiger partial charge in [-0.2, -0.15) is 0 Å². The average Bonchev–Trinajstić information content (AvgIpc) is 2.64. The van der Waals surface area contributed by atoms with E-state index in [2.05, 4.69) is 10.6 Å². The van der Waals surface area contributed by atoms with Gasteiger partial charge in [0, 0.05) is 0 Å². The first-order chi connectivity index (χ1) is 9.35. The summed E-state index contributed by atoms with van der Waals surface area (Å²) in [5.74, 6) is -1.26. The minimum absolute atomic E-state index is 0.137. The van der Waals surface area contributed by atoms with Gasteiger partial charge in [0.15, 0.2) is 0 Å². The lowest BCUT2D eigenvalue weighted by Gasteiger charge is -2.28. The van der Waals surface area contributed by atoms with Gasteiger partial charge < -0.3 is 10.4 Å². The third-order valence-corrected chi connectivity index (χ3v) is 3.28. The van der Waals surface area contributed by atoms with Gasteiger partial charge in [-0.3, -0.25) is 10.1 Å². The molecular formula is C14H16N2O4. The summed E-state index contributed by atoms with van der Waals surface area (Å²) >= 11 is 0. The van der Waals surface area contributed by atoms with Crippen LogP contribution in [-0.4, -0.2) is 23.0 Å². The highest BCUT2D eigenvalue weighted by atomic mass is 16.4.